The van der Waals surface area contributed by atoms with Crippen molar-refractivity contribution in [3.05, 3.63) is 0 Å². The second kappa shape index (κ2) is 10.1. The summed E-state index contributed by atoms with van der Waals surface area (Å²) in [6, 6.07) is 0. The van der Waals surface area contributed by atoms with Crippen LogP contribution in [0.15, 0.2) is 0 Å². The molecule has 0 saturated heterocycles. The first-order chi connectivity index (χ1) is 10.2. The molecular weight excluding hydrogens is 268 g/mol. The van der Waals surface area contributed by atoms with Gasteiger partial charge in [0.05, 0.1) is 0 Å². The Labute approximate surface area is 127 Å². The van der Waals surface area contributed by atoms with Crippen LogP contribution in [0.3, 0.4) is 0 Å². The van der Waals surface area contributed by atoms with Crippen molar-refractivity contribution in [2.75, 3.05) is 48.3 Å². The molecule has 0 aliphatic carbocycles. The van der Waals surface area contributed by atoms with Crippen LogP contribution >= 0.6 is 0 Å². The van der Waals surface area contributed by atoms with Crippen molar-refractivity contribution in [2.24, 2.45) is 0 Å². The summed E-state index contributed by atoms with van der Waals surface area (Å²) in [5.41, 5.74) is 0. The number of unbranched alkanes of at least 4 members (excludes halogenated alkanes) is 1. The highest BCUT2D eigenvalue weighted by molar-refractivity contribution is 5.43. The van der Waals surface area contributed by atoms with Gasteiger partial charge in [-0.2, -0.15) is 15.0 Å². The van der Waals surface area contributed by atoms with Gasteiger partial charge >= 0.3 is 0 Å². The highest BCUT2D eigenvalue weighted by Gasteiger charge is 2.10. The first-order valence-electron chi connectivity index (χ1n) is 7.84. The van der Waals surface area contributed by atoms with E-state index in [1.165, 1.54) is 0 Å². The fraction of sp³-hybridized carbons (Fsp3) is 0.786. The second-order valence-electron chi connectivity index (χ2n) is 4.74. The number of aliphatic hydroxyl groups excluding tert-OH is 1. The van der Waals surface area contributed by atoms with Crippen LogP contribution in [0.5, 0.6) is 0 Å². The molecule has 7 heteroatoms. The summed E-state index contributed by atoms with van der Waals surface area (Å²) in [6.45, 7) is 9.79. The summed E-state index contributed by atoms with van der Waals surface area (Å²) in [7, 11) is 0. The van der Waals surface area contributed by atoms with Gasteiger partial charge in [-0.15, -0.1) is 0 Å². The van der Waals surface area contributed by atoms with Crippen molar-refractivity contribution < 1.29 is 5.11 Å². The van der Waals surface area contributed by atoms with Gasteiger partial charge in [-0.25, -0.2) is 0 Å². The van der Waals surface area contributed by atoms with Crippen molar-refractivity contribution in [1.29, 1.82) is 0 Å². The maximum absolute atomic E-state index is 8.80. The summed E-state index contributed by atoms with van der Waals surface area (Å²) < 4.78 is 0. The van der Waals surface area contributed by atoms with E-state index in [-0.39, 0.29) is 6.61 Å². The maximum atomic E-state index is 8.80. The van der Waals surface area contributed by atoms with Crippen LogP contribution < -0.4 is 15.5 Å². The molecule has 1 heterocycles. The lowest BCUT2D eigenvalue weighted by Gasteiger charge is -2.19. The number of hydrogen-bond donors (Lipinski definition) is 3. The minimum Gasteiger partial charge on any atom is -0.396 e. The van der Waals surface area contributed by atoms with Crippen LogP contribution in [0.4, 0.5) is 17.8 Å². The average molecular weight is 296 g/mol. The Bertz CT molecular complexity index is 397. The molecule has 0 aromatic carbocycles. The lowest BCUT2D eigenvalue weighted by atomic mass is 10.3. The van der Waals surface area contributed by atoms with Crippen LogP contribution in [-0.4, -0.2) is 52.8 Å². The average Bonchev–Trinajstić information content (AvgIpc) is 2.51. The predicted molar refractivity (Wildman–Crippen MR) is 87.0 cm³/mol. The Morgan fingerprint density at radius 2 is 1.52 bits per heavy atom. The Kier molecular flexibility index (Phi) is 8.42. The molecule has 21 heavy (non-hydrogen) atoms. The van der Waals surface area contributed by atoms with Crippen molar-refractivity contribution in [1.82, 2.24) is 15.0 Å². The molecule has 3 N–H and O–H groups in total. The summed E-state index contributed by atoms with van der Waals surface area (Å²) >= 11 is 0. The number of anilines is 3. The topological polar surface area (TPSA) is 86.2 Å². The number of aromatic nitrogens is 3. The molecule has 0 fully saturated rings. The number of nitrogens with one attached hydrogen (secondary N) is 2. The fourth-order valence-corrected chi connectivity index (χ4v) is 1.84. The molecule has 0 atom stereocenters. The number of hydrogen-bond acceptors (Lipinski definition) is 7. The summed E-state index contributed by atoms with van der Waals surface area (Å²) in [6.07, 6.45) is 2.69. The first-order valence-corrected chi connectivity index (χ1v) is 7.84. The fourth-order valence-electron chi connectivity index (χ4n) is 1.84. The van der Waals surface area contributed by atoms with Gasteiger partial charge in [0.15, 0.2) is 0 Å². The molecule has 0 spiro atoms. The van der Waals surface area contributed by atoms with E-state index >= 15 is 0 Å². The van der Waals surface area contributed by atoms with Crippen molar-refractivity contribution in [2.45, 2.75) is 40.0 Å². The van der Waals surface area contributed by atoms with Gasteiger partial charge in [-0.05, 0) is 33.1 Å². The smallest absolute Gasteiger partial charge is 0.231 e. The lowest BCUT2D eigenvalue weighted by molar-refractivity contribution is 0.286. The molecule has 1 aromatic rings. The van der Waals surface area contributed by atoms with Crippen LogP contribution in [0, 0.1) is 0 Å². The van der Waals surface area contributed by atoms with Crippen LogP contribution in [0.2, 0.25) is 0 Å². The van der Waals surface area contributed by atoms with E-state index in [4.69, 9.17) is 5.11 Å². The molecule has 120 valence electrons. The molecule has 0 radical (unpaired) electrons. The normalized spacial score (nSPS) is 10.5. The third kappa shape index (κ3) is 6.12. The zero-order valence-corrected chi connectivity index (χ0v) is 13.4. The lowest BCUT2D eigenvalue weighted by Crippen LogP contribution is -2.25. The van der Waals surface area contributed by atoms with Gasteiger partial charge < -0.3 is 20.6 Å². The van der Waals surface area contributed by atoms with E-state index in [1.807, 2.05) is 0 Å². The SMILES string of the molecule is CCCNc1nc(NCCCCO)nc(N(CC)CC)n1. The number of nitrogens with zero attached hydrogens (tertiary/aromatic N) is 4. The Morgan fingerprint density at radius 3 is 2.05 bits per heavy atom. The third-order valence-electron chi connectivity index (χ3n) is 3.07. The molecule has 1 rings (SSSR count). The van der Waals surface area contributed by atoms with Gasteiger partial charge in [0.2, 0.25) is 17.8 Å². The molecule has 7 nitrogen and oxygen atoms in total. The third-order valence-corrected chi connectivity index (χ3v) is 3.07. The number of aliphatic hydroxyl groups is 1. The Morgan fingerprint density at radius 1 is 0.905 bits per heavy atom. The van der Waals surface area contributed by atoms with E-state index in [9.17, 15) is 0 Å². The van der Waals surface area contributed by atoms with Gasteiger partial charge in [0, 0.05) is 32.8 Å². The maximum Gasteiger partial charge on any atom is 0.231 e. The number of rotatable bonds is 11. The van der Waals surface area contributed by atoms with E-state index < -0.39 is 0 Å². The minimum atomic E-state index is 0.215. The largest absolute Gasteiger partial charge is 0.396 e. The van der Waals surface area contributed by atoms with E-state index in [2.05, 4.69) is 51.3 Å². The standard InChI is InChI=1S/C14H28N6O/c1-4-9-15-12-17-13(16-10-7-8-11-21)19-14(18-12)20(5-2)6-3/h21H,4-11H2,1-3H3,(H2,15,16,17,18,19). The molecule has 1 aromatic heterocycles. The molecule has 0 amide bonds. The van der Waals surface area contributed by atoms with Crippen LogP contribution in [0.25, 0.3) is 0 Å². The van der Waals surface area contributed by atoms with E-state index in [1.54, 1.807) is 0 Å². The van der Waals surface area contributed by atoms with Crippen LogP contribution in [-0.2, 0) is 0 Å². The van der Waals surface area contributed by atoms with Crippen molar-refractivity contribution >= 4 is 17.8 Å². The Hall–Kier alpha value is -1.63. The highest BCUT2D eigenvalue weighted by Crippen LogP contribution is 2.13. The highest BCUT2D eigenvalue weighted by atomic mass is 16.2. The zero-order valence-electron chi connectivity index (χ0n) is 13.4. The van der Waals surface area contributed by atoms with Gasteiger partial charge in [0.1, 0.15) is 0 Å². The summed E-state index contributed by atoms with van der Waals surface area (Å²) in [5.74, 6) is 1.89. The predicted octanol–water partition coefficient (Wildman–Crippen LogP) is 1.72. The van der Waals surface area contributed by atoms with Crippen molar-refractivity contribution in [3.63, 3.8) is 0 Å². The second-order valence-corrected chi connectivity index (χ2v) is 4.74. The van der Waals surface area contributed by atoms with Crippen molar-refractivity contribution in [3.8, 4) is 0 Å². The molecule has 0 aliphatic heterocycles. The monoisotopic (exact) mass is 296 g/mol. The molecule has 0 bridgehead atoms. The summed E-state index contributed by atoms with van der Waals surface area (Å²) in [4.78, 5) is 15.4. The molecule has 0 saturated carbocycles. The van der Waals surface area contributed by atoms with E-state index in [0.29, 0.717) is 17.8 Å². The van der Waals surface area contributed by atoms with Crippen LogP contribution in [0.1, 0.15) is 40.0 Å². The van der Waals surface area contributed by atoms with Gasteiger partial charge in [-0.3, -0.25) is 0 Å². The summed E-state index contributed by atoms with van der Waals surface area (Å²) in [5, 5.41) is 15.2. The quantitative estimate of drug-likeness (QED) is 0.536. The molecular formula is C14H28N6O. The first kappa shape index (κ1) is 17.4. The molecule has 0 unspecified atom stereocenters. The minimum absolute atomic E-state index is 0.215. The van der Waals surface area contributed by atoms with Gasteiger partial charge in [-0.1, -0.05) is 6.92 Å². The molecule has 0 aliphatic rings. The zero-order chi connectivity index (χ0) is 15.5. The van der Waals surface area contributed by atoms with E-state index in [0.717, 1.165) is 45.4 Å². The Balaban J connectivity index is 2.81. The van der Waals surface area contributed by atoms with Gasteiger partial charge in [0.25, 0.3) is 0 Å².